The average Bonchev–Trinajstić information content (AvgIpc) is 3.50. The van der Waals surface area contributed by atoms with Crippen molar-refractivity contribution in [2.24, 2.45) is 0 Å². The fourth-order valence-electron chi connectivity index (χ4n) is 3.19. The summed E-state index contributed by atoms with van der Waals surface area (Å²) in [5.74, 6) is 0. The lowest BCUT2D eigenvalue weighted by Gasteiger charge is -2.23. The number of hydrogen-bond acceptors (Lipinski definition) is 4. The van der Waals surface area contributed by atoms with Gasteiger partial charge in [-0.25, -0.2) is 0 Å². The van der Waals surface area contributed by atoms with Crippen LogP contribution in [0.4, 0.5) is 16.4 Å². The van der Waals surface area contributed by atoms with Crippen LogP contribution in [-0.4, -0.2) is 0 Å². The maximum absolute atomic E-state index is 3.56. The Bertz CT molecular complexity index is 1180. The molecule has 0 aliphatic carbocycles. The number of rotatable bonds is 5. The number of hydrogen-bond donors (Lipinski definition) is 0. The first-order valence-corrected chi connectivity index (χ1v) is 12.4. The molecule has 0 atom stereocenters. The molecule has 1 nitrogen and oxygen atoms in total. The first-order valence-electron chi connectivity index (χ1n) is 9.14. The molecular formula is C24H16BrNS3. The van der Waals surface area contributed by atoms with E-state index in [1.807, 2.05) is 22.7 Å². The van der Waals surface area contributed by atoms with Crippen LogP contribution in [0.2, 0.25) is 0 Å². The van der Waals surface area contributed by atoms with Crippen molar-refractivity contribution in [3.05, 3.63) is 101 Å². The molecule has 0 fully saturated rings. The zero-order chi connectivity index (χ0) is 19.6. The second-order valence-electron chi connectivity index (χ2n) is 6.41. The largest absolute Gasteiger partial charge is 0.302 e. The Balaban J connectivity index is 1.51. The summed E-state index contributed by atoms with van der Waals surface area (Å²) >= 11 is 9.02. The van der Waals surface area contributed by atoms with Gasteiger partial charge in [0.25, 0.3) is 0 Å². The average molecular weight is 495 g/mol. The van der Waals surface area contributed by atoms with Crippen LogP contribution in [0.1, 0.15) is 0 Å². The lowest BCUT2D eigenvalue weighted by atomic mass is 10.2. The molecule has 0 bridgehead atoms. The Morgan fingerprint density at radius 1 is 0.483 bits per heavy atom. The summed E-state index contributed by atoms with van der Waals surface area (Å²) in [6, 6.07) is 34.3. The molecule has 142 valence electrons. The van der Waals surface area contributed by atoms with Crippen molar-refractivity contribution in [2.45, 2.75) is 0 Å². The Morgan fingerprint density at radius 3 is 1.52 bits per heavy atom. The molecule has 29 heavy (non-hydrogen) atoms. The zero-order valence-corrected chi connectivity index (χ0v) is 19.3. The van der Waals surface area contributed by atoms with Gasteiger partial charge in [-0.1, -0.05) is 36.4 Å². The van der Waals surface area contributed by atoms with E-state index in [9.17, 15) is 0 Å². The van der Waals surface area contributed by atoms with Gasteiger partial charge in [0.05, 0.1) is 3.79 Å². The third kappa shape index (κ3) is 3.96. The molecule has 5 rings (SSSR count). The Hall–Kier alpha value is -2.18. The van der Waals surface area contributed by atoms with Gasteiger partial charge in [-0.15, -0.1) is 34.0 Å². The van der Waals surface area contributed by atoms with Crippen molar-refractivity contribution in [2.75, 3.05) is 4.90 Å². The van der Waals surface area contributed by atoms with Crippen LogP contribution in [0.5, 0.6) is 0 Å². The summed E-state index contributed by atoms with van der Waals surface area (Å²) in [4.78, 5) is 7.54. The highest BCUT2D eigenvalue weighted by Crippen LogP contribution is 2.45. The van der Waals surface area contributed by atoms with Crippen LogP contribution in [0, 0.1) is 0 Å². The van der Waals surface area contributed by atoms with Crippen molar-refractivity contribution < 1.29 is 0 Å². The van der Waals surface area contributed by atoms with Crippen molar-refractivity contribution in [1.82, 2.24) is 0 Å². The monoisotopic (exact) mass is 493 g/mol. The van der Waals surface area contributed by atoms with Gasteiger partial charge in [-0.05, 0) is 76.6 Å². The molecule has 0 saturated heterocycles. The van der Waals surface area contributed by atoms with E-state index in [0.717, 1.165) is 0 Å². The molecule has 0 aliphatic rings. The van der Waals surface area contributed by atoms with Crippen molar-refractivity contribution >= 4 is 66.3 Å². The van der Waals surface area contributed by atoms with Crippen molar-refractivity contribution in [3.8, 4) is 19.5 Å². The first-order chi connectivity index (χ1) is 14.3. The molecular weight excluding hydrogens is 478 g/mol. The lowest BCUT2D eigenvalue weighted by Crippen LogP contribution is -2.07. The van der Waals surface area contributed by atoms with Crippen LogP contribution in [0.15, 0.2) is 101 Å². The van der Waals surface area contributed by atoms with Crippen LogP contribution in [0.25, 0.3) is 19.5 Å². The molecule has 5 heteroatoms. The molecule has 0 radical (unpaired) electrons. The number of thiophene rings is 3. The minimum Gasteiger partial charge on any atom is -0.302 e. The first kappa shape index (κ1) is 18.8. The standard InChI is InChI=1S/C24H16BrNS3/c25-23-15-13-21(28-23)19-11-12-20(27-19)22-14-16-24(29-22)26(17-7-3-1-4-8-17)18-9-5-2-6-10-18/h1-16H. The summed E-state index contributed by atoms with van der Waals surface area (Å²) in [5.41, 5.74) is 2.34. The molecule has 2 aromatic carbocycles. The van der Waals surface area contributed by atoms with Crippen LogP contribution in [-0.2, 0) is 0 Å². The van der Waals surface area contributed by atoms with Crippen LogP contribution >= 0.6 is 49.9 Å². The minimum atomic E-state index is 1.17. The van der Waals surface area contributed by atoms with E-state index in [1.165, 1.54) is 39.7 Å². The summed E-state index contributed by atoms with van der Waals surface area (Å²) in [7, 11) is 0. The highest BCUT2D eigenvalue weighted by Gasteiger charge is 2.16. The zero-order valence-electron chi connectivity index (χ0n) is 15.3. The SMILES string of the molecule is Brc1ccc(-c2ccc(-c3ccc(N(c4ccccc4)c4ccccc4)s3)s2)s1. The van der Waals surface area contributed by atoms with Crippen LogP contribution in [0.3, 0.4) is 0 Å². The summed E-state index contributed by atoms with van der Waals surface area (Å²) in [6.07, 6.45) is 0. The van der Waals surface area contributed by atoms with E-state index >= 15 is 0 Å². The predicted octanol–water partition coefficient (Wildman–Crippen LogP) is 9.44. The van der Waals surface area contributed by atoms with E-state index in [-0.39, 0.29) is 0 Å². The topological polar surface area (TPSA) is 3.24 Å². The second kappa shape index (κ2) is 8.28. The molecule has 0 N–H and O–H groups in total. The van der Waals surface area contributed by atoms with Gasteiger partial charge in [0.1, 0.15) is 5.00 Å². The highest BCUT2D eigenvalue weighted by molar-refractivity contribution is 9.11. The quantitative estimate of drug-likeness (QED) is 0.235. The molecule has 3 aromatic heterocycles. The molecule has 0 unspecified atom stereocenters. The van der Waals surface area contributed by atoms with Gasteiger partial charge in [0.2, 0.25) is 0 Å². The fourth-order valence-corrected chi connectivity index (χ4v) is 6.81. The summed E-state index contributed by atoms with van der Waals surface area (Å²) in [5, 5.41) is 1.21. The van der Waals surface area contributed by atoms with E-state index in [1.54, 1.807) is 11.3 Å². The Morgan fingerprint density at radius 2 is 0.966 bits per heavy atom. The molecule has 3 heterocycles. The summed E-state index contributed by atoms with van der Waals surface area (Å²) < 4.78 is 1.17. The summed E-state index contributed by atoms with van der Waals surface area (Å²) in [6.45, 7) is 0. The Kier molecular flexibility index (Phi) is 5.38. The third-order valence-electron chi connectivity index (χ3n) is 4.51. The molecule has 0 amide bonds. The van der Waals surface area contributed by atoms with E-state index in [2.05, 4.69) is 118 Å². The van der Waals surface area contributed by atoms with Gasteiger partial charge in [-0.3, -0.25) is 0 Å². The van der Waals surface area contributed by atoms with E-state index < -0.39 is 0 Å². The van der Waals surface area contributed by atoms with E-state index in [0.29, 0.717) is 0 Å². The fraction of sp³-hybridized carbons (Fsp3) is 0. The molecule has 0 saturated carbocycles. The molecule has 0 aliphatic heterocycles. The van der Waals surface area contributed by atoms with Gasteiger partial charge in [-0.2, -0.15) is 0 Å². The smallest absolute Gasteiger partial charge is 0.101 e. The maximum Gasteiger partial charge on any atom is 0.101 e. The number of benzene rings is 2. The second-order valence-corrected chi connectivity index (χ2v) is 11.0. The molecule has 5 aromatic rings. The van der Waals surface area contributed by atoms with Gasteiger partial charge in [0, 0.05) is 30.9 Å². The highest BCUT2D eigenvalue weighted by atomic mass is 79.9. The van der Waals surface area contributed by atoms with Crippen molar-refractivity contribution in [3.63, 3.8) is 0 Å². The van der Waals surface area contributed by atoms with Crippen molar-refractivity contribution in [1.29, 1.82) is 0 Å². The maximum atomic E-state index is 3.56. The third-order valence-corrected chi connectivity index (χ3v) is 8.68. The number of para-hydroxylation sites is 2. The predicted molar refractivity (Wildman–Crippen MR) is 133 cm³/mol. The minimum absolute atomic E-state index is 1.17. The lowest BCUT2D eigenvalue weighted by molar-refractivity contribution is 1.32. The van der Waals surface area contributed by atoms with Crippen LogP contribution < -0.4 is 4.90 Å². The normalized spacial score (nSPS) is 10.9. The van der Waals surface area contributed by atoms with E-state index in [4.69, 9.17) is 0 Å². The number of nitrogens with zero attached hydrogens (tertiary/aromatic N) is 1. The number of halogens is 1. The number of anilines is 3. The van der Waals surface area contributed by atoms with Gasteiger partial charge < -0.3 is 4.90 Å². The Labute approximate surface area is 190 Å². The molecule has 0 spiro atoms. The van der Waals surface area contributed by atoms with Gasteiger partial charge >= 0.3 is 0 Å². The van der Waals surface area contributed by atoms with Gasteiger partial charge in [0.15, 0.2) is 0 Å².